The Morgan fingerprint density at radius 3 is 1.40 bits per heavy atom. The maximum Gasteiger partial charge on any atom is 0.134 e. The molecule has 3 unspecified atom stereocenters. The number of rotatable bonds is 24. The maximum absolute atomic E-state index is 17.1. The minimum Gasteiger partial charge on any atom is -0.338 e. The minimum atomic E-state index is -0.280. The van der Waals surface area contributed by atoms with E-state index >= 15 is 8.78 Å². The molecular formula is C62H63F2N5S9. The fourth-order valence-electron chi connectivity index (χ4n) is 11.3. The Bertz CT molecular complexity index is 4030. The zero-order chi connectivity index (χ0) is 53.6. The molecule has 0 spiro atoms. The summed E-state index contributed by atoms with van der Waals surface area (Å²) in [4.78, 5) is 11.5. The summed E-state index contributed by atoms with van der Waals surface area (Å²) in [6.07, 6.45) is 16.8. The molecule has 404 valence electrons. The lowest BCUT2D eigenvalue weighted by molar-refractivity contribution is 0.401. The second-order valence-corrected chi connectivity index (χ2v) is 29.7. The van der Waals surface area contributed by atoms with Crippen LogP contribution in [0.3, 0.4) is 0 Å². The predicted molar refractivity (Wildman–Crippen MR) is 344 cm³/mol. The van der Waals surface area contributed by atoms with Crippen molar-refractivity contribution in [1.82, 2.24) is 22.1 Å². The number of thiophene rings is 7. The largest absolute Gasteiger partial charge is 0.338 e. The number of hydrogen-bond acceptors (Lipinski definition) is 13. The molecule has 78 heavy (non-hydrogen) atoms. The van der Waals surface area contributed by atoms with Gasteiger partial charge in [0.2, 0.25) is 0 Å². The Balaban J connectivity index is 0.876. The van der Waals surface area contributed by atoms with Crippen LogP contribution in [-0.4, -0.2) is 22.1 Å². The number of aromatic nitrogens is 5. The summed E-state index contributed by atoms with van der Waals surface area (Å²) in [6, 6.07) is 25.4. The van der Waals surface area contributed by atoms with Gasteiger partial charge in [-0.1, -0.05) is 112 Å². The topological polar surface area (TPSA) is 56.5 Å². The van der Waals surface area contributed by atoms with E-state index in [4.69, 9.17) is 17.5 Å². The van der Waals surface area contributed by atoms with E-state index < -0.39 is 0 Å². The van der Waals surface area contributed by atoms with Gasteiger partial charge in [-0.05, 0) is 110 Å². The van der Waals surface area contributed by atoms with Crippen LogP contribution in [0.25, 0.3) is 113 Å². The van der Waals surface area contributed by atoms with Gasteiger partial charge in [-0.3, -0.25) is 0 Å². The van der Waals surface area contributed by atoms with Gasteiger partial charge < -0.3 is 4.57 Å². The fraction of sp³-hybridized carbons (Fsp3) is 0.387. The number of hydrogen-bond donors (Lipinski definition) is 0. The number of nitrogens with zero attached hydrogens (tertiary/aromatic N) is 5. The lowest BCUT2D eigenvalue weighted by Gasteiger charge is -2.17. The SMILES string of the molecule is CCCCC(CC)Cc1ccc(-c2ccc(-c3cc(F)c(-c4cc5c(s4)c4sc6cc(-c7c(F)cc(-c8ccc(-c9ccc(CC(CC)CCCC)s9)s8)c8nsnc78)sc6c4n5CC(CC)CCCC)c4nsnc34)s2)s1. The van der Waals surface area contributed by atoms with Crippen LogP contribution in [0, 0.1) is 29.4 Å². The van der Waals surface area contributed by atoms with Crippen LogP contribution in [0.15, 0.2) is 72.8 Å². The third-order valence-electron chi connectivity index (χ3n) is 15.9. The molecule has 3 atom stereocenters. The third kappa shape index (κ3) is 10.5. The second kappa shape index (κ2) is 23.8. The summed E-state index contributed by atoms with van der Waals surface area (Å²) in [6.45, 7) is 14.6. The van der Waals surface area contributed by atoms with Crippen molar-refractivity contribution >= 4 is 155 Å². The summed E-state index contributed by atoms with van der Waals surface area (Å²) >= 11 is 14.5. The van der Waals surface area contributed by atoms with Crippen molar-refractivity contribution in [1.29, 1.82) is 0 Å². The average Bonchev–Trinajstić information content (AvgIpc) is 4.47. The van der Waals surface area contributed by atoms with Crippen molar-refractivity contribution in [2.45, 2.75) is 138 Å². The van der Waals surface area contributed by atoms with Crippen molar-refractivity contribution in [3.05, 3.63) is 94.2 Å². The first-order valence-corrected chi connectivity index (χ1v) is 35.1. The Hall–Kier alpha value is -4.10. The zero-order valence-electron chi connectivity index (χ0n) is 44.9. The highest BCUT2D eigenvalue weighted by atomic mass is 32.1. The first-order chi connectivity index (χ1) is 38.2. The van der Waals surface area contributed by atoms with Gasteiger partial charge in [0, 0.05) is 71.1 Å². The first kappa shape index (κ1) is 54.5. The van der Waals surface area contributed by atoms with Crippen LogP contribution in [0.2, 0.25) is 0 Å². The van der Waals surface area contributed by atoms with Crippen molar-refractivity contribution in [2.75, 3.05) is 0 Å². The first-order valence-electron chi connectivity index (χ1n) is 27.9. The smallest absolute Gasteiger partial charge is 0.134 e. The molecule has 12 aromatic rings. The van der Waals surface area contributed by atoms with Crippen molar-refractivity contribution < 1.29 is 8.78 Å². The monoisotopic (exact) mass is 1200 g/mol. The van der Waals surface area contributed by atoms with Gasteiger partial charge in [-0.2, -0.15) is 17.5 Å². The molecule has 0 N–H and O–H groups in total. The molecular weight excluding hydrogens is 1140 g/mol. The molecule has 0 amide bonds. The van der Waals surface area contributed by atoms with Gasteiger partial charge in [-0.15, -0.1) is 79.4 Å². The third-order valence-corrected chi connectivity index (χ3v) is 25.5. The van der Waals surface area contributed by atoms with Crippen LogP contribution in [0.5, 0.6) is 0 Å². The van der Waals surface area contributed by atoms with Crippen LogP contribution in [0.4, 0.5) is 8.78 Å². The minimum absolute atomic E-state index is 0.278. The Kier molecular flexibility index (Phi) is 16.6. The summed E-state index contributed by atoms with van der Waals surface area (Å²) in [5, 5.41) is 0. The molecule has 0 aliphatic carbocycles. The molecule has 5 nitrogen and oxygen atoms in total. The van der Waals surface area contributed by atoms with Gasteiger partial charge in [-0.25, -0.2) is 8.78 Å². The number of unbranched alkanes of at least 4 members (excludes halogenated alkanes) is 3. The molecule has 10 aromatic heterocycles. The molecule has 0 saturated heterocycles. The number of halogens is 2. The summed E-state index contributed by atoms with van der Waals surface area (Å²) in [5.41, 5.74) is 7.65. The molecule has 12 rings (SSSR count). The highest BCUT2D eigenvalue weighted by molar-refractivity contribution is 7.37. The van der Waals surface area contributed by atoms with E-state index in [9.17, 15) is 0 Å². The molecule has 10 heterocycles. The van der Waals surface area contributed by atoms with Crippen molar-refractivity contribution in [3.8, 4) is 61.3 Å². The Morgan fingerprint density at radius 2 is 0.885 bits per heavy atom. The normalized spacial score (nSPS) is 13.5. The lowest BCUT2D eigenvalue weighted by atomic mass is 9.95. The highest BCUT2D eigenvalue weighted by Gasteiger charge is 2.29. The van der Waals surface area contributed by atoms with Crippen LogP contribution >= 0.6 is 103 Å². The summed E-state index contributed by atoms with van der Waals surface area (Å²) < 4.78 is 60.4. The lowest BCUT2D eigenvalue weighted by Crippen LogP contribution is -2.09. The quantitative estimate of drug-likeness (QED) is 0.0605. The number of fused-ring (bicyclic) bond motifs is 7. The van der Waals surface area contributed by atoms with E-state index in [0.717, 1.165) is 135 Å². The Morgan fingerprint density at radius 1 is 0.436 bits per heavy atom. The molecule has 0 bridgehead atoms. The standard InChI is InChI=1S/C62H63F2N5S9/c1-7-13-16-34(10-4)27-37-19-21-46(70-37)48-25-23-44(72-48)39-29-41(63)53(57-55(39)65-77-67-57)50-31-43-60(74-50)62-59(69(43)33-36(12-6)18-15-9-3)61-52(76-62)32-51(75-61)54-42(64)30-40(56-58(54)68-78-66-56)45-24-26-49(73-45)47-22-20-38(71-47)28-35(11-5)17-14-8-2/h19-26,29-32,34-36H,7-18,27-28,33H2,1-6H3. The van der Waals surface area contributed by atoms with Gasteiger partial charge in [0.15, 0.2) is 0 Å². The van der Waals surface area contributed by atoms with Crippen LogP contribution < -0.4 is 0 Å². The fourth-order valence-corrected chi connectivity index (χ4v) is 21.0. The van der Waals surface area contributed by atoms with Crippen molar-refractivity contribution in [2.24, 2.45) is 17.8 Å². The van der Waals surface area contributed by atoms with E-state index in [1.165, 1.54) is 97.3 Å². The van der Waals surface area contributed by atoms with E-state index in [0.29, 0.717) is 28.1 Å². The molecule has 0 saturated carbocycles. The van der Waals surface area contributed by atoms with E-state index in [-0.39, 0.29) is 11.6 Å². The molecule has 0 aliphatic heterocycles. The highest BCUT2D eigenvalue weighted by Crippen LogP contribution is 2.53. The van der Waals surface area contributed by atoms with Gasteiger partial charge in [0.1, 0.15) is 33.7 Å². The molecule has 2 aromatic carbocycles. The van der Waals surface area contributed by atoms with Gasteiger partial charge in [0.25, 0.3) is 0 Å². The van der Waals surface area contributed by atoms with Crippen molar-refractivity contribution in [3.63, 3.8) is 0 Å². The van der Waals surface area contributed by atoms with E-state index in [1.807, 2.05) is 22.7 Å². The van der Waals surface area contributed by atoms with E-state index in [2.05, 4.69) is 107 Å². The zero-order valence-corrected chi connectivity index (χ0v) is 52.3. The predicted octanol–water partition coefficient (Wildman–Crippen LogP) is 23.4. The van der Waals surface area contributed by atoms with Crippen LogP contribution in [-0.2, 0) is 19.4 Å². The average molecular weight is 1200 g/mol. The summed E-state index contributed by atoms with van der Waals surface area (Å²) in [5.74, 6) is 1.35. The molecule has 0 aliphatic rings. The molecule has 0 fully saturated rings. The van der Waals surface area contributed by atoms with Gasteiger partial charge >= 0.3 is 0 Å². The maximum atomic E-state index is 17.1. The Labute approximate surface area is 492 Å². The summed E-state index contributed by atoms with van der Waals surface area (Å²) in [7, 11) is 0. The number of benzene rings is 2. The second-order valence-electron chi connectivity index (χ2n) is 21.0. The molecule has 0 radical (unpaired) electrons. The van der Waals surface area contributed by atoms with E-state index in [1.54, 1.807) is 68.8 Å². The molecule has 16 heteroatoms. The van der Waals surface area contributed by atoms with Gasteiger partial charge in [0.05, 0.1) is 59.7 Å². The van der Waals surface area contributed by atoms with Crippen LogP contribution in [0.1, 0.15) is 128 Å².